The highest BCUT2D eigenvalue weighted by molar-refractivity contribution is 6.39. The number of amides is 2. The molecule has 1 aromatic carbocycles. The Morgan fingerprint density at radius 1 is 1.37 bits per heavy atom. The molecule has 0 saturated heterocycles. The maximum absolute atomic E-state index is 11.6. The first-order chi connectivity index (χ1) is 8.93. The fourth-order valence-corrected chi connectivity index (χ4v) is 1.45. The van der Waals surface area contributed by atoms with Gasteiger partial charge in [-0.25, -0.2) is 0 Å². The molecule has 0 aliphatic rings. The van der Waals surface area contributed by atoms with Crippen molar-refractivity contribution >= 4 is 29.1 Å². The molecule has 1 unspecified atom stereocenters. The van der Waals surface area contributed by atoms with Crippen LogP contribution >= 0.6 is 11.6 Å². The van der Waals surface area contributed by atoms with Crippen molar-refractivity contribution in [3.8, 4) is 0 Å². The largest absolute Gasteiger partial charge is 0.396 e. The number of benzene rings is 1. The molecule has 6 heteroatoms. The summed E-state index contributed by atoms with van der Waals surface area (Å²) in [4.78, 5) is 23.1. The summed E-state index contributed by atoms with van der Waals surface area (Å²) < 4.78 is 0. The van der Waals surface area contributed by atoms with Crippen molar-refractivity contribution in [1.82, 2.24) is 5.32 Å². The average Bonchev–Trinajstić information content (AvgIpc) is 2.39. The van der Waals surface area contributed by atoms with Gasteiger partial charge >= 0.3 is 11.8 Å². The number of aliphatic hydroxyl groups is 1. The Kier molecular flexibility index (Phi) is 5.79. The van der Waals surface area contributed by atoms with Crippen LogP contribution in [0, 0.1) is 12.8 Å². The van der Waals surface area contributed by atoms with Crippen molar-refractivity contribution in [3.05, 3.63) is 28.8 Å². The predicted molar refractivity (Wildman–Crippen MR) is 74.1 cm³/mol. The highest BCUT2D eigenvalue weighted by Crippen LogP contribution is 2.19. The molecule has 0 aromatic heterocycles. The van der Waals surface area contributed by atoms with Gasteiger partial charge in [-0.1, -0.05) is 24.6 Å². The number of anilines is 1. The van der Waals surface area contributed by atoms with Crippen molar-refractivity contribution in [2.75, 3.05) is 18.5 Å². The second-order valence-electron chi connectivity index (χ2n) is 4.42. The van der Waals surface area contributed by atoms with Crippen LogP contribution in [-0.2, 0) is 9.59 Å². The van der Waals surface area contributed by atoms with E-state index in [0.29, 0.717) is 10.7 Å². The molecule has 19 heavy (non-hydrogen) atoms. The molecule has 0 bridgehead atoms. The maximum atomic E-state index is 11.6. The molecule has 0 radical (unpaired) electrons. The topological polar surface area (TPSA) is 78.4 Å². The monoisotopic (exact) mass is 284 g/mol. The highest BCUT2D eigenvalue weighted by atomic mass is 35.5. The Labute approximate surface area is 117 Å². The lowest BCUT2D eigenvalue weighted by molar-refractivity contribution is -0.136. The van der Waals surface area contributed by atoms with Gasteiger partial charge in [0.2, 0.25) is 0 Å². The first-order valence-corrected chi connectivity index (χ1v) is 6.28. The van der Waals surface area contributed by atoms with Gasteiger partial charge in [-0.2, -0.15) is 0 Å². The normalized spacial score (nSPS) is 11.8. The lowest BCUT2D eigenvalue weighted by Gasteiger charge is -2.10. The van der Waals surface area contributed by atoms with Crippen LogP contribution in [0.15, 0.2) is 18.2 Å². The summed E-state index contributed by atoms with van der Waals surface area (Å²) in [5.74, 6) is -1.59. The van der Waals surface area contributed by atoms with E-state index in [1.54, 1.807) is 25.1 Å². The van der Waals surface area contributed by atoms with Crippen molar-refractivity contribution in [1.29, 1.82) is 0 Å². The lowest BCUT2D eigenvalue weighted by atomic mass is 10.2. The van der Waals surface area contributed by atoms with E-state index >= 15 is 0 Å². The summed E-state index contributed by atoms with van der Waals surface area (Å²) in [7, 11) is 0. The number of rotatable bonds is 4. The van der Waals surface area contributed by atoms with E-state index in [-0.39, 0.29) is 19.1 Å². The van der Waals surface area contributed by atoms with E-state index in [1.807, 2.05) is 6.92 Å². The number of nitrogens with one attached hydrogen (secondary N) is 2. The third-order valence-electron chi connectivity index (χ3n) is 2.56. The molecular formula is C13H17ClN2O3. The summed E-state index contributed by atoms with van der Waals surface area (Å²) in [5.41, 5.74) is 1.35. The van der Waals surface area contributed by atoms with Gasteiger partial charge in [-0.3, -0.25) is 9.59 Å². The molecule has 104 valence electrons. The highest BCUT2D eigenvalue weighted by Gasteiger charge is 2.14. The average molecular weight is 285 g/mol. The van der Waals surface area contributed by atoms with Gasteiger partial charge in [0.05, 0.1) is 0 Å². The van der Waals surface area contributed by atoms with Crippen molar-refractivity contribution in [2.24, 2.45) is 5.92 Å². The Bertz CT molecular complexity index is 477. The molecule has 0 aliphatic carbocycles. The fraction of sp³-hybridized carbons (Fsp3) is 0.385. The second kappa shape index (κ2) is 7.11. The van der Waals surface area contributed by atoms with E-state index in [9.17, 15) is 9.59 Å². The number of hydrogen-bond acceptors (Lipinski definition) is 3. The zero-order valence-corrected chi connectivity index (χ0v) is 11.6. The van der Waals surface area contributed by atoms with Crippen molar-refractivity contribution in [2.45, 2.75) is 13.8 Å². The minimum Gasteiger partial charge on any atom is -0.396 e. The standard InChI is InChI=1S/C13H17ClN2O3/c1-8(7-17)6-15-12(18)13(19)16-10-4-3-9(2)11(14)5-10/h3-5,8,17H,6-7H2,1-2H3,(H,15,18)(H,16,19). The summed E-state index contributed by atoms with van der Waals surface area (Å²) in [6, 6.07) is 5.00. The first kappa shape index (κ1) is 15.5. The molecule has 2 amide bonds. The van der Waals surface area contributed by atoms with Gasteiger partial charge in [-0.15, -0.1) is 0 Å². The SMILES string of the molecule is Cc1ccc(NC(=O)C(=O)NCC(C)CO)cc1Cl. The predicted octanol–water partition coefficient (Wildman–Crippen LogP) is 1.33. The summed E-state index contributed by atoms with van der Waals surface area (Å²) in [6.07, 6.45) is 0. The zero-order valence-electron chi connectivity index (χ0n) is 10.9. The Morgan fingerprint density at radius 2 is 2.05 bits per heavy atom. The maximum Gasteiger partial charge on any atom is 0.313 e. The molecule has 1 rings (SSSR count). The van der Waals surface area contributed by atoms with Crippen LogP contribution in [0.1, 0.15) is 12.5 Å². The van der Waals surface area contributed by atoms with E-state index in [1.165, 1.54) is 0 Å². The number of carbonyl (C=O) groups excluding carboxylic acids is 2. The third kappa shape index (κ3) is 4.89. The lowest BCUT2D eigenvalue weighted by Crippen LogP contribution is -2.38. The van der Waals surface area contributed by atoms with Crippen molar-refractivity contribution in [3.63, 3.8) is 0 Å². The molecule has 0 spiro atoms. The van der Waals surface area contributed by atoms with Gasteiger partial charge in [0.15, 0.2) is 0 Å². The number of aliphatic hydroxyl groups excluding tert-OH is 1. The molecule has 0 saturated carbocycles. The van der Waals surface area contributed by atoms with E-state index < -0.39 is 11.8 Å². The molecule has 5 nitrogen and oxygen atoms in total. The van der Waals surface area contributed by atoms with E-state index in [0.717, 1.165) is 5.56 Å². The number of carbonyl (C=O) groups is 2. The van der Waals surface area contributed by atoms with Crippen molar-refractivity contribution < 1.29 is 14.7 Å². The number of halogens is 1. The first-order valence-electron chi connectivity index (χ1n) is 5.90. The Morgan fingerprint density at radius 3 is 2.63 bits per heavy atom. The Hall–Kier alpha value is -1.59. The van der Waals surface area contributed by atoms with Crippen LogP contribution in [0.25, 0.3) is 0 Å². The minimum absolute atomic E-state index is 0.0462. The van der Waals surface area contributed by atoms with Gasteiger partial charge in [0.1, 0.15) is 0 Å². The summed E-state index contributed by atoms with van der Waals surface area (Å²) >= 11 is 5.92. The van der Waals surface area contributed by atoms with Crippen LogP contribution < -0.4 is 10.6 Å². The van der Waals surface area contributed by atoms with Gasteiger partial charge < -0.3 is 15.7 Å². The second-order valence-corrected chi connectivity index (χ2v) is 4.82. The smallest absolute Gasteiger partial charge is 0.313 e. The molecule has 3 N–H and O–H groups in total. The van der Waals surface area contributed by atoms with Crippen LogP contribution in [0.2, 0.25) is 5.02 Å². The van der Waals surface area contributed by atoms with Crippen LogP contribution in [0.3, 0.4) is 0 Å². The van der Waals surface area contributed by atoms with E-state index in [4.69, 9.17) is 16.7 Å². The van der Waals surface area contributed by atoms with Crippen LogP contribution in [0.4, 0.5) is 5.69 Å². The zero-order chi connectivity index (χ0) is 14.4. The van der Waals surface area contributed by atoms with Gasteiger partial charge in [0.25, 0.3) is 0 Å². The summed E-state index contributed by atoms with van der Waals surface area (Å²) in [6.45, 7) is 3.81. The fourth-order valence-electron chi connectivity index (χ4n) is 1.27. The number of aryl methyl sites for hydroxylation is 1. The van der Waals surface area contributed by atoms with Gasteiger partial charge in [0, 0.05) is 23.9 Å². The molecule has 1 atom stereocenters. The van der Waals surface area contributed by atoms with E-state index in [2.05, 4.69) is 10.6 Å². The number of hydrogen-bond donors (Lipinski definition) is 3. The summed E-state index contributed by atoms with van der Waals surface area (Å²) in [5, 5.41) is 14.2. The molecule has 1 aromatic rings. The van der Waals surface area contributed by atoms with Crippen LogP contribution in [-0.4, -0.2) is 30.1 Å². The molecule has 0 heterocycles. The third-order valence-corrected chi connectivity index (χ3v) is 2.97. The molecular weight excluding hydrogens is 268 g/mol. The Balaban J connectivity index is 2.54. The van der Waals surface area contributed by atoms with Crippen LogP contribution in [0.5, 0.6) is 0 Å². The minimum atomic E-state index is -0.759. The molecule has 0 aliphatic heterocycles. The molecule has 0 fully saturated rings. The quantitative estimate of drug-likeness (QED) is 0.730. The van der Waals surface area contributed by atoms with Gasteiger partial charge in [-0.05, 0) is 30.5 Å².